The van der Waals surface area contributed by atoms with E-state index in [0.717, 1.165) is 25.8 Å². The third kappa shape index (κ3) is 3.49. The highest BCUT2D eigenvalue weighted by Crippen LogP contribution is 2.45. The Kier molecular flexibility index (Phi) is 3.77. The fourth-order valence-corrected chi connectivity index (χ4v) is 3.41. The Hall–Kier alpha value is -0.570. The minimum atomic E-state index is 0.303. The molecule has 0 aromatic heterocycles. The first-order chi connectivity index (χ1) is 6.91. The highest BCUT2D eigenvalue weighted by atomic mass is 16.1. The van der Waals surface area contributed by atoms with Crippen LogP contribution in [0.4, 0.5) is 0 Å². The van der Waals surface area contributed by atoms with E-state index in [2.05, 4.69) is 31.4 Å². The molecule has 15 heavy (non-hydrogen) atoms. The van der Waals surface area contributed by atoms with Crippen LogP contribution in [0.2, 0.25) is 0 Å². The van der Waals surface area contributed by atoms with Crippen LogP contribution in [0.5, 0.6) is 0 Å². The Morgan fingerprint density at radius 1 is 1.33 bits per heavy atom. The summed E-state index contributed by atoms with van der Waals surface area (Å²) in [6.07, 6.45) is 4.23. The molecule has 0 radical (unpaired) electrons. The number of nitrogens with one attached hydrogen (secondary N) is 2. The summed E-state index contributed by atoms with van der Waals surface area (Å²) < 4.78 is 0. The minimum absolute atomic E-state index is 0.303. The summed E-state index contributed by atoms with van der Waals surface area (Å²) in [7, 11) is 2.00. The summed E-state index contributed by atoms with van der Waals surface area (Å²) in [6, 6.07) is 0.338. The van der Waals surface area contributed by atoms with E-state index < -0.39 is 0 Å². The third-order valence-electron chi connectivity index (χ3n) is 3.35. The summed E-state index contributed by atoms with van der Waals surface area (Å²) in [5.74, 6) is 0. The minimum Gasteiger partial charge on any atom is -0.356 e. The molecule has 3 nitrogen and oxygen atoms in total. The van der Waals surface area contributed by atoms with Crippen molar-refractivity contribution in [3.63, 3.8) is 0 Å². The number of amides is 1. The SMILES string of the molecule is CNCC1(C)CC(NC=O)CC(C)(C)C1. The second-order valence-electron chi connectivity index (χ2n) is 6.07. The molecule has 0 aromatic rings. The highest BCUT2D eigenvalue weighted by molar-refractivity contribution is 5.46. The van der Waals surface area contributed by atoms with Gasteiger partial charge in [-0.1, -0.05) is 20.8 Å². The smallest absolute Gasteiger partial charge is 0.207 e. The molecule has 0 bridgehead atoms. The lowest BCUT2D eigenvalue weighted by atomic mass is 9.62. The van der Waals surface area contributed by atoms with Gasteiger partial charge in [0.05, 0.1) is 0 Å². The molecule has 2 atom stereocenters. The van der Waals surface area contributed by atoms with E-state index >= 15 is 0 Å². The maximum Gasteiger partial charge on any atom is 0.207 e. The van der Waals surface area contributed by atoms with E-state index in [0.29, 0.717) is 16.9 Å². The Morgan fingerprint density at radius 2 is 2.00 bits per heavy atom. The largest absolute Gasteiger partial charge is 0.356 e. The zero-order valence-electron chi connectivity index (χ0n) is 10.4. The zero-order chi connectivity index (χ0) is 11.5. The average molecular weight is 212 g/mol. The van der Waals surface area contributed by atoms with E-state index in [9.17, 15) is 4.79 Å². The molecule has 88 valence electrons. The van der Waals surface area contributed by atoms with Crippen molar-refractivity contribution < 1.29 is 4.79 Å². The van der Waals surface area contributed by atoms with Crippen LogP contribution in [-0.4, -0.2) is 26.0 Å². The van der Waals surface area contributed by atoms with E-state index in [1.807, 2.05) is 7.05 Å². The summed E-state index contributed by atoms with van der Waals surface area (Å²) in [5.41, 5.74) is 0.627. The van der Waals surface area contributed by atoms with E-state index in [4.69, 9.17) is 0 Å². The van der Waals surface area contributed by atoms with Gasteiger partial charge in [0.15, 0.2) is 0 Å². The van der Waals surface area contributed by atoms with Crippen LogP contribution in [-0.2, 0) is 4.79 Å². The Bertz CT molecular complexity index is 228. The van der Waals surface area contributed by atoms with Gasteiger partial charge in [0.1, 0.15) is 0 Å². The summed E-state index contributed by atoms with van der Waals surface area (Å²) in [4.78, 5) is 10.5. The van der Waals surface area contributed by atoms with Gasteiger partial charge in [-0.25, -0.2) is 0 Å². The number of carbonyl (C=O) groups is 1. The lowest BCUT2D eigenvalue weighted by molar-refractivity contribution is -0.111. The summed E-state index contributed by atoms with van der Waals surface area (Å²) in [6.45, 7) is 7.91. The van der Waals surface area contributed by atoms with E-state index in [1.165, 1.54) is 6.42 Å². The second kappa shape index (κ2) is 4.52. The van der Waals surface area contributed by atoms with Crippen molar-refractivity contribution in [3.8, 4) is 0 Å². The van der Waals surface area contributed by atoms with Crippen molar-refractivity contribution in [1.82, 2.24) is 10.6 Å². The molecule has 1 rings (SSSR count). The van der Waals surface area contributed by atoms with Gasteiger partial charge in [0.2, 0.25) is 6.41 Å². The molecule has 0 heterocycles. The predicted molar refractivity (Wildman–Crippen MR) is 62.7 cm³/mol. The molecular formula is C12H24N2O. The van der Waals surface area contributed by atoms with Crippen molar-refractivity contribution in [1.29, 1.82) is 0 Å². The molecule has 1 aliphatic carbocycles. The van der Waals surface area contributed by atoms with Crippen LogP contribution >= 0.6 is 0 Å². The standard InChI is InChI=1S/C12H24N2O/c1-11(2)5-10(14-9-15)6-12(3,7-11)8-13-4/h9-10,13H,5-8H2,1-4H3,(H,14,15). The van der Waals surface area contributed by atoms with Crippen LogP contribution in [0.15, 0.2) is 0 Å². The first kappa shape index (κ1) is 12.5. The van der Waals surface area contributed by atoms with Gasteiger partial charge in [-0.3, -0.25) is 4.79 Å². The molecule has 1 fully saturated rings. The quantitative estimate of drug-likeness (QED) is 0.694. The number of hydrogen-bond donors (Lipinski definition) is 2. The second-order valence-corrected chi connectivity index (χ2v) is 6.07. The number of carbonyl (C=O) groups excluding carboxylic acids is 1. The molecule has 0 spiro atoms. The average Bonchev–Trinajstić information content (AvgIpc) is 1.99. The Balaban J connectivity index is 2.70. The molecule has 3 heteroatoms. The molecule has 2 unspecified atom stereocenters. The van der Waals surface area contributed by atoms with Gasteiger partial charge in [0, 0.05) is 12.6 Å². The van der Waals surface area contributed by atoms with E-state index in [1.54, 1.807) is 0 Å². The van der Waals surface area contributed by atoms with E-state index in [-0.39, 0.29) is 0 Å². The fraction of sp³-hybridized carbons (Fsp3) is 0.917. The predicted octanol–water partition coefficient (Wildman–Crippen LogP) is 1.54. The van der Waals surface area contributed by atoms with Crippen molar-refractivity contribution in [3.05, 3.63) is 0 Å². The van der Waals surface area contributed by atoms with Crippen molar-refractivity contribution in [2.45, 2.75) is 46.1 Å². The summed E-state index contributed by atoms with van der Waals surface area (Å²) in [5, 5.41) is 6.21. The normalized spacial score (nSPS) is 34.8. The Labute approximate surface area is 93.0 Å². The molecule has 2 N–H and O–H groups in total. The van der Waals surface area contributed by atoms with Crippen LogP contribution < -0.4 is 10.6 Å². The molecule has 0 aliphatic heterocycles. The van der Waals surface area contributed by atoms with Crippen LogP contribution in [0.3, 0.4) is 0 Å². The highest BCUT2D eigenvalue weighted by Gasteiger charge is 2.40. The van der Waals surface area contributed by atoms with Gasteiger partial charge >= 0.3 is 0 Å². The molecule has 0 aromatic carbocycles. The molecule has 1 aliphatic rings. The van der Waals surface area contributed by atoms with Crippen LogP contribution in [0.1, 0.15) is 40.0 Å². The van der Waals surface area contributed by atoms with Crippen LogP contribution in [0.25, 0.3) is 0 Å². The number of rotatable bonds is 4. The van der Waals surface area contributed by atoms with Gasteiger partial charge in [0.25, 0.3) is 0 Å². The lowest BCUT2D eigenvalue weighted by Crippen LogP contribution is -2.47. The molecule has 1 amide bonds. The number of hydrogen-bond acceptors (Lipinski definition) is 2. The zero-order valence-corrected chi connectivity index (χ0v) is 10.4. The first-order valence-electron chi connectivity index (χ1n) is 5.75. The van der Waals surface area contributed by atoms with Crippen molar-refractivity contribution in [2.24, 2.45) is 10.8 Å². The monoisotopic (exact) mass is 212 g/mol. The third-order valence-corrected chi connectivity index (χ3v) is 3.35. The van der Waals surface area contributed by atoms with Gasteiger partial charge in [-0.05, 0) is 37.1 Å². The van der Waals surface area contributed by atoms with Crippen LogP contribution in [0, 0.1) is 10.8 Å². The van der Waals surface area contributed by atoms with Crippen molar-refractivity contribution >= 4 is 6.41 Å². The fourth-order valence-electron chi connectivity index (χ4n) is 3.41. The molecule has 0 saturated heterocycles. The van der Waals surface area contributed by atoms with Gasteiger partial charge in [-0.2, -0.15) is 0 Å². The summed E-state index contributed by atoms with van der Waals surface area (Å²) >= 11 is 0. The van der Waals surface area contributed by atoms with Gasteiger partial charge in [-0.15, -0.1) is 0 Å². The van der Waals surface area contributed by atoms with Crippen molar-refractivity contribution in [2.75, 3.05) is 13.6 Å². The Morgan fingerprint density at radius 3 is 2.53 bits per heavy atom. The maximum absolute atomic E-state index is 10.5. The maximum atomic E-state index is 10.5. The topological polar surface area (TPSA) is 41.1 Å². The lowest BCUT2D eigenvalue weighted by Gasteiger charge is -2.46. The van der Waals surface area contributed by atoms with Gasteiger partial charge < -0.3 is 10.6 Å². The molecule has 1 saturated carbocycles. The molecular weight excluding hydrogens is 188 g/mol. The first-order valence-corrected chi connectivity index (χ1v) is 5.75.